The monoisotopic (exact) mass is 248 g/mol. The summed E-state index contributed by atoms with van der Waals surface area (Å²) in [5, 5.41) is 0. The molecular weight excluding hydrogens is 228 g/mol. The van der Waals surface area contributed by atoms with Gasteiger partial charge in [-0.15, -0.1) is 0 Å². The molecule has 0 atom stereocenters. The van der Waals surface area contributed by atoms with Gasteiger partial charge in [-0.3, -0.25) is 0 Å². The first-order valence-corrected chi connectivity index (χ1v) is 6.37. The summed E-state index contributed by atoms with van der Waals surface area (Å²) < 4.78 is 5.52. The summed E-state index contributed by atoms with van der Waals surface area (Å²) in [7, 11) is 2.09. The molecule has 98 valence electrons. The number of piperidine rings is 1. The Kier molecular flexibility index (Phi) is 4.33. The molecule has 0 aliphatic carbocycles. The number of ether oxygens (including phenoxy) is 1. The van der Waals surface area contributed by atoms with Crippen LogP contribution in [0.3, 0.4) is 0 Å². The van der Waals surface area contributed by atoms with Crippen LogP contribution in [-0.4, -0.2) is 37.1 Å². The maximum atomic E-state index is 12.0. The van der Waals surface area contributed by atoms with Gasteiger partial charge in [0.25, 0.3) is 0 Å². The Morgan fingerprint density at radius 2 is 2.17 bits per heavy atom. The van der Waals surface area contributed by atoms with Crippen LogP contribution in [-0.2, 0) is 11.3 Å². The molecule has 1 aliphatic rings. The third kappa shape index (κ3) is 3.31. The van der Waals surface area contributed by atoms with Crippen LogP contribution in [0.5, 0.6) is 0 Å². The summed E-state index contributed by atoms with van der Waals surface area (Å²) >= 11 is 0. The minimum Gasteiger partial charge on any atom is -0.459 e. The second-order valence-corrected chi connectivity index (χ2v) is 4.81. The molecule has 1 aromatic carbocycles. The van der Waals surface area contributed by atoms with Crippen molar-refractivity contribution in [1.29, 1.82) is 0 Å². The summed E-state index contributed by atoms with van der Waals surface area (Å²) in [6.45, 7) is 2.41. The van der Waals surface area contributed by atoms with Crippen molar-refractivity contribution < 1.29 is 9.53 Å². The molecular formula is C14H20N2O2. The maximum absolute atomic E-state index is 12.0. The fraction of sp³-hybridized carbons (Fsp3) is 0.500. The third-order valence-corrected chi connectivity index (χ3v) is 3.34. The number of carbonyl (C=O) groups excluding carboxylic acids is 1. The van der Waals surface area contributed by atoms with E-state index in [2.05, 4.69) is 11.9 Å². The second kappa shape index (κ2) is 5.98. The van der Waals surface area contributed by atoms with E-state index < -0.39 is 0 Å². The van der Waals surface area contributed by atoms with Gasteiger partial charge < -0.3 is 15.4 Å². The number of esters is 1. The van der Waals surface area contributed by atoms with Gasteiger partial charge in [0.2, 0.25) is 0 Å². The van der Waals surface area contributed by atoms with Crippen LogP contribution in [0.15, 0.2) is 24.3 Å². The van der Waals surface area contributed by atoms with E-state index in [1.807, 2.05) is 12.1 Å². The molecule has 0 radical (unpaired) electrons. The van der Waals surface area contributed by atoms with Gasteiger partial charge >= 0.3 is 5.97 Å². The molecule has 1 heterocycles. The Hall–Kier alpha value is -1.39. The lowest BCUT2D eigenvalue weighted by molar-refractivity contribution is 0.0139. The molecule has 0 bridgehead atoms. The van der Waals surface area contributed by atoms with E-state index in [0.717, 1.165) is 31.5 Å². The Bertz CT molecular complexity index is 412. The lowest BCUT2D eigenvalue weighted by Gasteiger charge is -2.28. The minimum atomic E-state index is -0.236. The SMILES string of the molecule is CN1CCC(OC(=O)c2cccc(CN)c2)CC1. The molecule has 1 aromatic rings. The number of hydrogen-bond donors (Lipinski definition) is 1. The maximum Gasteiger partial charge on any atom is 0.338 e. The van der Waals surface area contributed by atoms with Crippen molar-refractivity contribution in [3.63, 3.8) is 0 Å². The molecule has 1 saturated heterocycles. The fourth-order valence-corrected chi connectivity index (χ4v) is 2.15. The highest BCUT2D eigenvalue weighted by atomic mass is 16.5. The zero-order chi connectivity index (χ0) is 13.0. The highest BCUT2D eigenvalue weighted by Crippen LogP contribution is 2.15. The second-order valence-electron chi connectivity index (χ2n) is 4.81. The van der Waals surface area contributed by atoms with Gasteiger partial charge in [0.05, 0.1) is 5.56 Å². The molecule has 0 amide bonds. The largest absolute Gasteiger partial charge is 0.459 e. The van der Waals surface area contributed by atoms with Crippen molar-refractivity contribution >= 4 is 5.97 Å². The van der Waals surface area contributed by atoms with Gasteiger partial charge in [0, 0.05) is 19.6 Å². The predicted molar refractivity (Wildman–Crippen MR) is 70.3 cm³/mol. The van der Waals surface area contributed by atoms with Gasteiger partial charge in [-0.2, -0.15) is 0 Å². The zero-order valence-electron chi connectivity index (χ0n) is 10.8. The van der Waals surface area contributed by atoms with Crippen LogP contribution in [0.4, 0.5) is 0 Å². The van der Waals surface area contributed by atoms with Crippen molar-refractivity contribution in [3.05, 3.63) is 35.4 Å². The summed E-state index contributed by atoms with van der Waals surface area (Å²) in [6, 6.07) is 7.33. The van der Waals surface area contributed by atoms with Crippen molar-refractivity contribution in [1.82, 2.24) is 4.90 Å². The molecule has 4 nitrogen and oxygen atoms in total. The third-order valence-electron chi connectivity index (χ3n) is 3.34. The van der Waals surface area contributed by atoms with Gasteiger partial charge in [0.15, 0.2) is 0 Å². The molecule has 4 heteroatoms. The first-order valence-electron chi connectivity index (χ1n) is 6.37. The molecule has 0 aromatic heterocycles. The Labute approximate surface area is 108 Å². The molecule has 1 fully saturated rings. The van der Waals surface area contributed by atoms with Crippen LogP contribution in [0.2, 0.25) is 0 Å². The van der Waals surface area contributed by atoms with E-state index >= 15 is 0 Å². The summed E-state index contributed by atoms with van der Waals surface area (Å²) in [5.41, 5.74) is 7.11. The fourth-order valence-electron chi connectivity index (χ4n) is 2.15. The van der Waals surface area contributed by atoms with Crippen LogP contribution < -0.4 is 5.73 Å². The van der Waals surface area contributed by atoms with Crippen molar-refractivity contribution in [2.45, 2.75) is 25.5 Å². The number of benzene rings is 1. The smallest absolute Gasteiger partial charge is 0.338 e. The van der Waals surface area contributed by atoms with Gasteiger partial charge in [-0.05, 0) is 37.6 Å². The number of likely N-dealkylation sites (tertiary alicyclic amines) is 1. The van der Waals surface area contributed by atoms with Crippen molar-refractivity contribution in [2.75, 3.05) is 20.1 Å². The molecule has 1 aliphatic heterocycles. The molecule has 0 unspecified atom stereocenters. The molecule has 0 spiro atoms. The summed E-state index contributed by atoms with van der Waals surface area (Å²) in [6.07, 6.45) is 1.88. The van der Waals surface area contributed by atoms with Gasteiger partial charge in [0.1, 0.15) is 6.10 Å². The van der Waals surface area contributed by atoms with Gasteiger partial charge in [-0.25, -0.2) is 4.79 Å². The van der Waals surface area contributed by atoms with E-state index in [1.165, 1.54) is 0 Å². The summed E-state index contributed by atoms with van der Waals surface area (Å²) in [5.74, 6) is -0.236. The molecule has 2 rings (SSSR count). The molecule has 2 N–H and O–H groups in total. The average Bonchev–Trinajstić information content (AvgIpc) is 2.41. The highest BCUT2D eigenvalue weighted by molar-refractivity contribution is 5.89. The number of nitrogens with two attached hydrogens (primary N) is 1. The van der Waals surface area contributed by atoms with Crippen LogP contribution in [0.25, 0.3) is 0 Å². The summed E-state index contributed by atoms with van der Waals surface area (Å²) in [4.78, 5) is 14.2. The molecule has 0 saturated carbocycles. The van der Waals surface area contributed by atoms with E-state index in [-0.39, 0.29) is 12.1 Å². The van der Waals surface area contributed by atoms with E-state index in [9.17, 15) is 4.79 Å². The quantitative estimate of drug-likeness (QED) is 0.821. The standard InChI is InChI=1S/C14H20N2O2/c1-16-7-5-13(6-8-16)18-14(17)12-4-2-3-11(9-12)10-15/h2-4,9,13H,5-8,10,15H2,1H3. The van der Waals surface area contributed by atoms with Crippen molar-refractivity contribution in [2.24, 2.45) is 5.73 Å². The zero-order valence-corrected chi connectivity index (χ0v) is 10.8. The lowest BCUT2D eigenvalue weighted by Crippen LogP contribution is -2.35. The number of rotatable bonds is 3. The molecule has 18 heavy (non-hydrogen) atoms. The predicted octanol–water partition coefficient (Wildman–Crippen LogP) is 1.40. The van der Waals surface area contributed by atoms with E-state index in [4.69, 9.17) is 10.5 Å². The van der Waals surface area contributed by atoms with Crippen LogP contribution in [0.1, 0.15) is 28.8 Å². The van der Waals surface area contributed by atoms with Crippen LogP contribution in [0, 0.1) is 0 Å². The first kappa shape index (κ1) is 13.1. The van der Waals surface area contributed by atoms with Crippen molar-refractivity contribution in [3.8, 4) is 0 Å². The number of hydrogen-bond acceptors (Lipinski definition) is 4. The van der Waals surface area contributed by atoms with Gasteiger partial charge in [-0.1, -0.05) is 12.1 Å². The van der Waals surface area contributed by atoms with E-state index in [1.54, 1.807) is 12.1 Å². The number of carbonyl (C=O) groups is 1. The van der Waals surface area contributed by atoms with Crippen LogP contribution >= 0.6 is 0 Å². The number of nitrogens with zero attached hydrogens (tertiary/aromatic N) is 1. The highest BCUT2D eigenvalue weighted by Gasteiger charge is 2.20. The Morgan fingerprint density at radius 3 is 2.83 bits per heavy atom. The van der Waals surface area contributed by atoms with E-state index in [0.29, 0.717) is 12.1 Å². The Balaban J connectivity index is 1.94. The Morgan fingerprint density at radius 1 is 1.44 bits per heavy atom. The minimum absolute atomic E-state index is 0.0511. The topological polar surface area (TPSA) is 55.6 Å². The normalized spacial score (nSPS) is 17.7. The lowest BCUT2D eigenvalue weighted by atomic mass is 10.1. The first-order chi connectivity index (χ1) is 8.69. The average molecular weight is 248 g/mol.